The molecule has 0 aliphatic heterocycles. The van der Waals surface area contributed by atoms with Crippen LogP contribution in [0.3, 0.4) is 0 Å². The minimum Gasteiger partial charge on any atom is -0.353 e. The molecule has 1 aliphatic rings. The Morgan fingerprint density at radius 1 is 1.22 bits per heavy atom. The Bertz CT molecular complexity index is 929. The number of nitrogens with zero attached hydrogens (tertiary/aromatic N) is 1. The molecule has 0 atom stereocenters. The molecule has 2 N–H and O–H groups in total. The van der Waals surface area contributed by atoms with E-state index < -0.39 is 0 Å². The summed E-state index contributed by atoms with van der Waals surface area (Å²) in [7, 11) is 0. The quantitative estimate of drug-likeness (QED) is 0.662. The van der Waals surface area contributed by atoms with Crippen molar-refractivity contribution in [3.05, 3.63) is 54.0 Å². The number of aromatic nitrogens is 2. The summed E-state index contributed by atoms with van der Waals surface area (Å²) >= 11 is 0. The Kier molecular flexibility index (Phi) is 5.19. The molecule has 3 aromatic rings. The lowest BCUT2D eigenvalue weighted by Gasteiger charge is -2.11. The van der Waals surface area contributed by atoms with Crippen molar-refractivity contribution in [1.82, 2.24) is 15.3 Å². The molecule has 1 fully saturated rings. The lowest BCUT2D eigenvalue weighted by Crippen LogP contribution is -2.32. The summed E-state index contributed by atoms with van der Waals surface area (Å²) in [6, 6.07) is 10.9. The number of carbonyl (C=O) groups excluding carboxylic acids is 1. The molecule has 1 saturated carbocycles. The van der Waals surface area contributed by atoms with E-state index in [1.807, 2.05) is 18.2 Å². The maximum absolute atomic E-state index is 13.8. The third-order valence-electron chi connectivity index (χ3n) is 5.34. The fraction of sp³-hybridized carbons (Fsp3) is 0.364. The Labute approximate surface area is 158 Å². The highest BCUT2D eigenvalue weighted by Gasteiger charge is 2.18. The zero-order chi connectivity index (χ0) is 18.6. The van der Waals surface area contributed by atoms with Gasteiger partial charge in [-0.25, -0.2) is 4.39 Å². The smallest absolute Gasteiger partial charge is 0.220 e. The van der Waals surface area contributed by atoms with Gasteiger partial charge >= 0.3 is 0 Å². The van der Waals surface area contributed by atoms with Gasteiger partial charge < -0.3 is 10.3 Å². The van der Waals surface area contributed by atoms with Crippen LogP contribution in [0.2, 0.25) is 0 Å². The highest BCUT2D eigenvalue weighted by Crippen LogP contribution is 2.31. The van der Waals surface area contributed by atoms with Crippen molar-refractivity contribution in [2.75, 3.05) is 0 Å². The molecule has 4 nitrogen and oxygen atoms in total. The molecule has 4 rings (SSSR count). The fourth-order valence-corrected chi connectivity index (χ4v) is 4.00. The molecule has 27 heavy (non-hydrogen) atoms. The Balaban J connectivity index is 1.52. The van der Waals surface area contributed by atoms with E-state index in [4.69, 9.17) is 0 Å². The lowest BCUT2D eigenvalue weighted by molar-refractivity contribution is -0.121. The number of rotatable bonds is 6. The van der Waals surface area contributed by atoms with E-state index in [-0.39, 0.29) is 11.7 Å². The van der Waals surface area contributed by atoms with Crippen LogP contribution in [0, 0.1) is 5.82 Å². The number of hydrogen-bond acceptors (Lipinski definition) is 2. The van der Waals surface area contributed by atoms with Crippen LogP contribution in [0.4, 0.5) is 4.39 Å². The minimum absolute atomic E-state index is 0.118. The summed E-state index contributed by atoms with van der Waals surface area (Å²) in [5.41, 5.74) is 3.66. The largest absolute Gasteiger partial charge is 0.353 e. The predicted octanol–water partition coefficient (Wildman–Crippen LogP) is 4.75. The topological polar surface area (TPSA) is 57.8 Å². The van der Waals surface area contributed by atoms with E-state index in [1.165, 1.54) is 18.9 Å². The summed E-state index contributed by atoms with van der Waals surface area (Å²) < 4.78 is 13.8. The molecule has 0 unspecified atom stereocenters. The molecule has 2 aromatic heterocycles. The van der Waals surface area contributed by atoms with Gasteiger partial charge in [-0.2, -0.15) is 0 Å². The number of benzene rings is 1. The Morgan fingerprint density at radius 2 is 2.07 bits per heavy atom. The van der Waals surface area contributed by atoms with Gasteiger partial charge in [-0.3, -0.25) is 9.78 Å². The number of hydrogen-bond donors (Lipinski definition) is 2. The van der Waals surface area contributed by atoms with Gasteiger partial charge in [0.1, 0.15) is 5.82 Å². The van der Waals surface area contributed by atoms with Crippen LogP contribution >= 0.6 is 0 Å². The average molecular weight is 365 g/mol. The molecule has 140 valence electrons. The second-order valence-electron chi connectivity index (χ2n) is 7.29. The minimum atomic E-state index is -0.255. The van der Waals surface area contributed by atoms with Crippen LogP contribution in [-0.4, -0.2) is 21.9 Å². The van der Waals surface area contributed by atoms with E-state index in [1.54, 1.807) is 18.3 Å². The first-order valence-corrected chi connectivity index (χ1v) is 9.71. The molecule has 1 amide bonds. The highest BCUT2D eigenvalue weighted by atomic mass is 19.1. The zero-order valence-corrected chi connectivity index (χ0v) is 15.3. The van der Waals surface area contributed by atoms with Gasteiger partial charge in [0.2, 0.25) is 5.91 Å². The molecule has 0 saturated heterocycles. The van der Waals surface area contributed by atoms with Crippen molar-refractivity contribution in [2.24, 2.45) is 0 Å². The number of amides is 1. The van der Waals surface area contributed by atoms with Crippen LogP contribution in [0.5, 0.6) is 0 Å². The maximum Gasteiger partial charge on any atom is 0.220 e. The number of fused-ring (bicyclic) bond motifs is 1. The van der Waals surface area contributed by atoms with Gasteiger partial charge in [0.05, 0.1) is 11.4 Å². The van der Waals surface area contributed by atoms with Crippen molar-refractivity contribution >= 4 is 16.8 Å². The van der Waals surface area contributed by atoms with Crippen molar-refractivity contribution in [3.8, 4) is 11.4 Å². The number of carbonyl (C=O) groups is 1. The van der Waals surface area contributed by atoms with E-state index in [0.717, 1.165) is 47.1 Å². The van der Waals surface area contributed by atoms with E-state index in [9.17, 15) is 9.18 Å². The first-order valence-electron chi connectivity index (χ1n) is 9.71. The number of nitrogens with one attached hydrogen (secondary N) is 2. The van der Waals surface area contributed by atoms with Gasteiger partial charge in [0.15, 0.2) is 0 Å². The molecule has 0 spiro atoms. The fourth-order valence-electron chi connectivity index (χ4n) is 4.00. The summed E-state index contributed by atoms with van der Waals surface area (Å²) in [6.07, 6.45) is 8.27. The summed E-state index contributed by atoms with van der Waals surface area (Å²) in [5.74, 6) is -0.137. The Hall–Kier alpha value is -2.69. The molecule has 1 aromatic carbocycles. The SMILES string of the molecule is O=C(CCCc1c(-c2ccccn2)[nH]c2ccc(F)cc12)NC1CCCC1. The van der Waals surface area contributed by atoms with Crippen LogP contribution in [0.1, 0.15) is 44.1 Å². The molecule has 5 heteroatoms. The third-order valence-corrected chi connectivity index (χ3v) is 5.34. The summed E-state index contributed by atoms with van der Waals surface area (Å²) in [6.45, 7) is 0. The molecular weight excluding hydrogens is 341 g/mol. The van der Waals surface area contributed by atoms with Crippen molar-refractivity contribution in [3.63, 3.8) is 0 Å². The van der Waals surface area contributed by atoms with Gasteiger partial charge in [0.25, 0.3) is 0 Å². The van der Waals surface area contributed by atoms with Crippen LogP contribution in [-0.2, 0) is 11.2 Å². The highest BCUT2D eigenvalue weighted by molar-refractivity contribution is 5.90. The standard InChI is InChI=1S/C22H24FN3O/c23-15-11-12-19-18(14-15)17(22(26-19)20-9-3-4-13-24-20)8-5-10-21(27)25-16-6-1-2-7-16/h3-4,9,11-14,16,26H,1-2,5-8,10H2,(H,25,27). The van der Waals surface area contributed by atoms with Gasteiger partial charge in [-0.1, -0.05) is 18.9 Å². The average Bonchev–Trinajstić information content (AvgIpc) is 3.30. The summed E-state index contributed by atoms with van der Waals surface area (Å²) in [5, 5.41) is 4.00. The van der Waals surface area contributed by atoms with E-state index in [2.05, 4.69) is 15.3 Å². The van der Waals surface area contributed by atoms with Crippen molar-refractivity contribution in [2.45, 2.75) is 51.0 Å². The van der Waals surface area contributed by atoms with Crippen LogP contribution < -0.4 is 5.32 Å². The zero-order valence-electron chi connectivity index (χ0n) is 15.3. The normalized spacial score (nSPS) is 14.7. The van der Waals surface area contributed by atoms with Crippen molar-refractivity contribution in [1.29, 1.82) is 0 Å². The van der Waals surface area contributed by atoms with Gasteiger partial charge in [-0.15, -0.1) is 0 Å². The molecule has 1 aliphatic carbocycles. The van der Waals surface area contributed by atoms with E-state index in [0.29, 0.717) is 18.9 Å². The Morgan fingerprint density at radius 3 is 2.85 bits per heavy atom. The maximum atomic E-state index is 13.8. The molecule has 2 heterocycles. The molecular formula is C22H24FN3O. The van der Waals surface area contributed by atoms with Crippen LogP contribution in [0.15, 0.2) is 42.6 Å². The first-order chi connectivity index (χ1) is 13.2. The second kappa shape index (κ2) is 7.91. The second-order valence-corrected chi connectivity index (χ2v) is 7.29. The third kappa shape index (κ3) is 4.02. The van der Waals surface area contributed by atoms with Gasteiger partial charge in [-0.05, 0) is 61.6 Å². The van der Waals surface area contributed by atoms with Crippen molar-refractivity contribution < 1.29 is 9.18 Å². The van der Waals surface area contributed by atoms with Gasteiger partial charge in [0, 0.05) is 29.6 Å². The molecule has 0 bridgehead atoms. The number of pyridine rings is 1. The number of H-pyrrole nitrogens is 1. The number of aromatic amines is 1. The summed E-state index contributed by atoms with van der Waals surface area (Å²) in [4.78, 5) is 20.0. The molecule has 0 radical (unpaired) electrons. The first kappa shape index (κ1) is 17.7. The van der Waals surface area contributed by atoms with Crippen LogP contribution in [0.25, 0.3) is 22.3 Å². The predicted molar refractivity (Wildman–Crippen MR) is 105 cm³/mol. The monoisotopic (exact) mass is 365 g/mol. The number of halogens is 1. The lowest BCUT2D eigenvalue weighted by atomic mass is 10.0. The number of aryl methyl sites for hydroxylation is 1. The van der Waals surface area contributed by atoms with E-state index >= 15 is 0 Å².